The lowest BCUT2D eigenvalue weighted by Crippen LogP contribution is -2.34. The molecule has 0 saturated carbocycles. The molecule has 1 heterocycles. The highest BCUT2D eigenvalue weighted by Gasteiger charge is 2.15. The van der Waals surface area contributed by atoms with E-state index in [0.717, 1.165) is 0 Å². The van der Waals surface area contributed by atoms with Crippen molar-refractivity contribution in [1.29, 1.82) is 0 Å². The number of benzene rings is 1. The first-order valence-corrected chi connectivity index (χ1v) is 7.26. The van der Waals surface area contributed by atoms with Crippen LogP contribution in [0.4, 0.5) is 0 Å². The molecule has 1 amide bonds. The molecule has 3 N–H and O–H groups in total. The monoisotopic (exact) mass is 298 g/mol. The number of nitrogens with one attached hydrogen (secondary N) is 1. The van der Waals surface area contributed by atoms with E-state index in [1.807, 2.05) is 32.3 Å². The van der Waals surface area contributed by atoms with Crippen LogP contribution < -0.4 is 11.1 Å². The van der Waals surface area contributed by atoms with Gasteiger partial charge < -0.3 is 16.0 Å². The Morgan fingerprint density at radius 2 is 2.00 bits per heavy atom. The van der Waals surface area contributed by atoms with Gasteiger partial charge in [-0.3, -0.25) is 9.78 Å². The standard InChI is InChI=1S/C17H22N4O/c1-21(2)16(13-6-4-3-5-7-13)12-20-17(22)14-8-9-19-15(10-14)11-18/h3-10,16H,11-12,18H2,1-2H3,(H,20,22). The molecule has 1 aromatic heterocycles. The third-order valence-corrected chi connectivity index (χ3v) is 3.55. The second-order valence-electron chi connectivity index (χ2n) is 5.34. The Kier molecular flexibility index (Phi) is 5.63. The maximum Gasteiger partial charge on any atom is 0.251 e. The summed E-state index contributed by atoms with van der Waals surface area (Å²) in [5, 5.41) is 2.98. The molecule has 22 heavy (non-hydrogen) atoms. The first-order chi connectivity index (χ1) is 10.6. The number of carbonyl (C=O) groups excluding carboxylic acids is 1. The number of pyridine rings is 1. The predicted octanol–water partition coefficient (Wildman–Crippen LogP) is 1.57. The van der Waals surface area contributed by atoms with Gasteiger partial charge in [0.25, 0.3) is 5.91 Å². The maximum atomic E-state index is 12.3. The van der Waals surface area contributed by atoms with E-state index in [0.29, 0.717) is 24.3 Å². The molecule has 0 spiro atoms. The van der Waals surface area contributed by atoms with Gasteiger partial charge in [0.1, 0.15) is 0 Å². The molecule has 0 bridgehead atoms. The maximum absolute atomic E-state index is 12.3. The van der Waals surface area contributed by atoms with E-state index >= 15 is 0 Å². The summed E-state index contributed by atoms with van der Waals surface area (Å²) in [6.45, 7) is 0.863. The Labute approximate surface area is 131 Å². The minimum Gasteiger partial charge on any atom is -0.350 e. The van der Waals surface area contributed by atoms with Crippen molar-refractivity contribution < 1.29 is 4.79 Å². The van der Waals surface area contributed by atoms with Crippen LogP contribution in [0.3, 0.4) is 0 Å². The molecule has 1 unspecified atom stereocenters. The summed E-state index contributed by atoms with van der Waals surface area (Å²) in [5.41, 5.74) is 8.02. The summed E-state index contributed by atoms with van der Waals surface area (Å²) in [6.07, 6.45) is 1.61. The molecule has 0 aliphatic rings. The third kappa shape index (κ3) is 4.13. The van der Waals surface area contributed by atoms with Crippen LogP contribution in [0.15, 0.2) is 48.7 Å². The molecule has 1 atom stereocenters. The molecule has 0 aliphatic carbocycles. The van der Waals surface area contributed by atoms with Crippen molar-refractivity contribution in [2.75, 3.05) is 20.6 Å². The number of amides is 1. The molecule has 5 heteroatoms. The number of hydrogen-bond donors (Lipinski definition) is 2. The lowest BCUT2D eigenvalue weighted by atomic mass is 10.1. The second kappa shape index (κ2) is 7.68. The molecule has 0 radical (unpaired) electrons. The van der Waals surface area contributed by atoms with Crippen molar-refractivity contribution in [3.05, 3.63) is 65.5 Å². The van der Waals surface area contributed by atoms with E-state index in [1.165, 1.54) is 5.56 Å². The predicted molar refractivity (Wildman–Crippen MR) is 87.3 cm³/mol. The Morgan fingerprint density at radius 3 is 2.64 bits per heavy atom. The molecule has 116 valence electrons. The van der Waals surface area contributed by atoms with Crippen LogP contribution in [0.2, 0.25) is 0 Å². The SMILES string of the molecule is CN(C)C(CNC(=O)c1ccnc(CN)c1)c1ccccc1. The van der Waals surface area contributed by atoms with Gasteiger partial charge >= 0.3 is 0 Å². The minimum atomic E-state index is -0.111. The zero-order valence-corrected chi connectivity index (χ0v) is 13.0. The highest BCUT2D eigenvalue weighted by atomic mass is 16.1. The van der Waals surface area contributed by atoms with Crippen LogP contribution in [0.25, 0.3) is 0 Å². The fourth-order valence-electron chi connectivity index (χ4n) is 2.30. The molecule has 2 rings (SSSR count). The highest BCUT2D eigenvalue weighted by Crippen LogP contribution is 2.16. The van der Waals surface area contributed by atoms with Crippen LogP contribution in [0.1, 0.15) is 27.7 Å². The van der Waals surface area contributed by atoms with Crippen LogP contribution in [-0.4, -0.2) is 36.4 Å². The number of aromatic nitrogens is 1. The molecular weight excluding hydrogens is 276 g/mol. The third-order valence-electron chi connectivity index (χ3n) is 3.55. The largest absolute Gasteiger partial charge is 0.350 e. The van der Waals surface area contributed by atoms with Crippen molar-refractivity contribution in [2.24, 2.45) is 5.73 Å². The molecule has 2 aromatic rings. The topological polar surface area (TPSA) is 71.2 Å². The fraction of sp³-hybridized carbons (Fsp3) is 0.294. The first kappa shape index (κ1) is 16.1. The van der Waals surface area contributed by atoms with Crippen molar-refractivity contribution in [2.45, 2.75) is 12.6 Å². The van der Waals surface area contributed by atoms with E-state index in [2.05, 4.69) is 27.3 Å². The summed E-state index contributed by atoms with van der Waals surface area (Å²) in [4.78, 5) is 18.5. The summed E-state index contributed by atoms with van der Waals surface area (Å²) < 4.78 is 0. The number of rotatable bonds is 6. The van der Waals surface area contributed by atoms with E-state index in [-0.39, 0.29) is 11.9 Å². The van der Waals surface area contributed by atoms with Gasteiger partial charge in [0.15, 0.2) is 0 Å². The zero-order valence-electron chi connectivity index (χ0n) is 13.0. The minimum absolute atomic E-state index is 0.111. The lowest BCUT2D eigenvalue weighted by molar-refractivity contribution is 0.0941. The highest BCUT2D eigenvalue weighted by molar-refractivity contribution is 5.94. The molecule has 1 aromatic carbocycles. The van der Waals surface area contributed by atoms with Crippen molar-refractivity contribution in [1.82, 2.24) is 15.2 Å². The number of likely N-dealkylation sites (N-methyl/N-ethyl adjacent to an activating group) is 1. The first-order valence-electron chi connectivity index (χ1n) is 7.26. The molecule has 5 nitrogen and oxygen atoms in total. The summed E-state index contributed by atoms with van der Waals surface area (Å²) >= 11 is 0. The van der Waals surface area contributed by atoms with E-state index in [9.17, 15) is 4.79 Å². The molecular formula is C17H22N4O. The van der Waals surface area contributed by atoms with Gasteiger partial charge in [-0.15, -0.1) is 0 Å². The van der Waals surface area contributed by atoms with Gasteiger partial charge in [-0.05, 0) is 31.8 Å². The van der Waals surface area contributed by atoms with Crippen molar-refractivity contribution in [3.8, 4) is 0 Å². The average Bonchev–Trinajstić information content (AvgIpc) is 2.55. The average molecular weight is 298 g/mol. The number of carbonyl (C=O) groups is 1. The normalized spacial score (nSPS) is 12.2. The van der Waals surface area contributed by atoms with Gasteiger partial charge in [-0.2, -0.15) is 0 Å². The van der Waals surface area contributed by atoms with Crippen molar-refractivity contribution in [3.63, 3.8) is 0 Å². The van der Waals surface area contributed by atoms with Gasteiger partial charge in [-0.1, -0.05) is 30.3 Å². The van der Waals surface area contributed by atoms with Gasteiger partial charge in [-0.25, -0.2) is 0 Å². The zero-order chi connectivity index (χ0) is 15.9. The Hall–Kier alpha value is -2.24. The summed E-state index contributed by atoms with van der Waals surface area (Å²) in [7, 11) is 4.01. The van der Waals surface area contributed by atoms with Gasteiger partial charge in [0.2, 0.25) is 0 Å². The quantitative estimate of drug-likeness (QED) is 0.849. The number of nitrogens with two attached hydrogens (primary N) is 1. The Balaban J connectivity index is 2.04. The van der Waals surface area contributed by atoms with Crippen LogP contribution in [0.5, 0.6) is 0 Å². The fourth-order valence-corrected chi connectivity index (χ4v) is 2.30. The van der Waals surface area contributed by atoms with Crippen LogP contribution in [0, 0.1) is 0 Å². The molecule has 0 fully saturated rings. The lowest BCUT2D eigenvalue weighted by Gasteiger charge is -2.25. The van der Waals surface area contributed by atoms with E-state index < -0.39 is 0 Å². The number of hydrogen-bond acceptors (Lipinski definition) is 4. The van der Waals surface area contributed by atoms with Crippen LogP contribution in [-0.2, 0) is 6.54 Å². The van der Waals surface area contributed by atoms with E-state index in [1.54, 1.807) is 18.3 Å². The van der Waals surface area contributed by atoms with Crippen LogP contribution >= 0.6 is 0 Å². The summed E-state index contributed by atoms with van der Waals surface area (Å²) in [6, 6.07) is 13.7. The van der Waals surface area contributed by atoms with Gasteiger partial charge in [0, 0.05) is 24.8 Å². The van der Waals surface area contributed by atoms with Gasteiger partial charge in [0.05, 0.1) is 11.7 Å². The Morgan fingerprint density at radius 1 is 1.27 bits per heavy atom. The van der Waals surface area contributed by atoms with Crippen molar-refractivity contribution >= 4 is 5.91 Å². The summed E-state index contributed by atoms with van der Waals surface area (Å²) in [5.74, 6) is -0.111. The second-order valence-corrected chi connectivity index (χ2v) is 5.34. The van der Waals surface area contributed by atoms with E-state index in [4.69, 9.17) is 5.73 Å². The number of nitrogens with zero attached hydrogens (tertiary/aromatic N) is 2. The molecule has 0 aliphatic heterocycles. The molecule has 0 saturated heterocycles. The Bertz CT molecular complexity index is 613. The smallest absolute Gasteiger partial charge is 0.251 e.